The molecule has 0 saturated carbocycles. The number of halogens is 1. The van der Waals surface area contributed by atoms with E-state index in [-0.39, 0.29) is 36.1 Å². The van der Waals surface area contributed by atoms with Crippen molar-refractivity contribution in [3.05, 3.63) is 40.4 Å². The van der Waals surface area contributed by atoms with Gasteiger partial charge in [-0.2, -0.15) is 0 Å². The van der Waals surface area contributed by atoms with Gasteiger partial charge < -0.3 is 10.3 Å². The number of nitrogens with one attached hydrogen (secondary N) is 2. The van der Waals surface area contributed by atoms with Crippen molar-refractivity contribution in [2.24, 2.45) is 0 Å². The van der Waals surface area contributed by atoms with Crippen LogP contribution in [0.2, 0.25) is 0 Å². The molecular formula is C17H21ClN4O4S. The van der Waals surface area contributed by atoms with Gasteiger partial charge in [0.2, 0.25) is 5.91 Å². The maximum absolute atomic E-state index is 12.3. The molecule has 2 atom stereocenters. The summed E-state index contributed by atoms with van der Waals surface area (Å²) in [5.74, 6) is -0.114. The summed E-state index contributed by atoms with van der Waals surface area (Å²) in [7, 11) is -3.21. The first-order valence-electron chi connectivity index (χ1n) is 8.61. The van der Waals surface area contributed by atoms with Crippen LogP contribution in [-0.2, 0) is 21.2 Å². The molecule has 2 N–H and O–H groups in total. The fourth-order valence-corrected chi connectivity index (χ4v) is 5.64. The third kappa shape index (κ3) is 4.85. The zero-order valence-corrected chi connectivity index (χ0v) is 16.4. The van der Waals surface area contributed by atoms with Crippen molar-refractivity contribution < 1.29 is 13.2 Å². The Morgan fingerprint density at radius 3 is 2.78 bits per heavy atom. The molecule has 8 nitrogen and oxygen atoms in total. The van der Waals surface area contributed by atoms with Crippen molar-refractivity contribution in [2.45, 2.75) is 24.9 Å². The lowest BCUT2D eigenvalue weighted by Gasteiger charge is -2.21. The van der Waals surface area contributed by atoms with Gasteiger partial charge in [0.1, 0.15) is 5.82 Å². The summed E-state index contributed by atoms with van der Waals surface area (Å²) in [6.45, 7) is 2.78. The second-order valence-electron chi connectivity index (χ2n) is 6.60. The second kappa shape index (κ2) is 7.95. The summed E-state index contributed by atoms with van der Waals surface area (Å²) >= 11 is 6.02. The van der Waals surface area contributed by atoms with Crippen LogP contribution in [0.15, 0.2) is 29.1 Å². The molecule has 1 aliphatic heterocycles. The maximum atomic E-state index is 12.3. The van der Waals surface area contributed by atoms with Gasteiger partial charge in [-0.05, 0) is 18.7 Å². The molecule has 27 heavy (non-hydrogen) atoms. The van der Waals surface area contributed by atoms with Crippen LogP contribution >= 0.6 is 11.6 Å². The van der Waals surface area contributed by atoms with E-state index in [1.54, 1.807) is 23.1 Å². The van der Waals surface area contributed by atoms with E-state index in [4.69, 9.17) is 11.6 Å². The third-order valence-electron chi connectivity index (χ3n) is 4.48. The third-order valence-corrected chi connectivity index (χ3v) is 6.85. The van der Waals surface area contributed by atoms with Crippen LogP contribution in [0.5, 0.6) is 0 Å². The summed E-state index contributed by atoms with van der Waals surface area (Å²) in [6, 6.07) is 6.46. The van der Waals surface area contributed by atoms with Gasteiger partial charge in [0.15, 0.2) is 9.84 Å². The lowest BCUT2D eigenvalue weighted by atomic mass is 10.2. The summed E-state index contributed by atoms with van der Waals surface area (Å²) < 4.78 is 23.2. The standard InChI is InChI=1S/C17H21ClN4O4S/c1-2-22(8-16(23)20-14-10-27(25,26)9-12(14)18)7-15-19-13-6-4-3-5-11(13)17(24)21-15/h3-6,12,14H,2,7-10H2,1H3,(H,20,23)(H,19,21,24)/t12-,14+/m0/s1. The van der Waals surface area contributed by atoms with Crippen LogP contribution in [0.4, 0.5) is 0 Å². The maximum Gasteiger partial charge on any atom is 0.258 e. The van der Waals surface area contributed by atoms with Gasteiger partial charge in [-0.25, -0.2) is 13.4 Å². The van der Waals surface area contributed by atoms with E-state index in [0.717, 1.165) is 0 Å². The predicted molar refractivity (Wildman–Crippen MR) is 104 cm³/mol. The van der Waals surface area contributed by atoms with E-state index in [9.17, 15) is 18.0 Å². The van der Waals surface area contributed by atoms with Crippen molar-refractivity contribution in [1.29, 1.82) is 0 Å². The molecule has 2 heterocycles. The van der Waals surface area contributed by atoms with Gasteiger partial charge in [0, 0.05) is 0 Å². The van der Waals surface area contributed by atoms with Crippen LogP contribution in [0.3, 0.4) is 0 Å². The van der Waals surface area contributed by atoms with Crippen LogP contribution in [0, 0.1) is 0 Å². The minimum Gasteiger partial charge on any atom is -0.350 e. The number of carbonyl (C=O) groups excluding carboxylic acids is 1. The summed E-state index contributed by atoms with van der Waals surface area (Å²) in [4.78, 5) is 33.4. The summed E-state index contributed by atoms with van der Waals surface area (Å²) in [5.41, 5.74) is 0.371. The second-order valence-corrected chi connectivity index (χ2v) is 9.31. The van der Waals surface area contributed by atoms with Gasteiger partial charge in [-0.3, -0.25) is 14.5 Å². The highest BCUT2D eigenvalue weighted by atomic mass is 35.5. The van der Waals surface area contributed by atoms with Gasteiger partial charge in [-0.15, -0.1) is 11.6 Å². The normalized spacial score (nSPS) is 21.6. The average molecular weight is 413 g/mol. The molecule has 0 unspecified atom stereocenters. The first-order valence-corrected chi connectivity index (χ1v) is 10.9. The Balaban J connectivity index is 1.65. The number of alkyl halides is 1. The van der Waals surface area contributed by atoms with Gasteiger partial charge in [0.25, 0.3) is 5.56 Å². The fraction of sp³-hybridized carbons (Fsp3) is 0.471. The zero-order valence-electron chi connectivity index (χ0n) is 14.8. The number of likely N-dealkylation sites (N-methyl/N-ethyl adjacent to an activating group) is 1. The largest absolute Gasteiger partial charge is 0.350 e. The Morgan fingerprint density at radius 2 is 2.11 bits per heavy atom. The van der Waals surface area contributed by atoms with Crippen molar-refractivity contribution >= 4 is 38.2 Å². The number of fused-ring (bicyclic) bond motifs is 1. The van der Waals surface area contributed by atoms with Gasteiger partial charge in [0.05, 0.1) is 46.9 Å². The quantitative estimate of drug-likeness (QED) is 0.658. The Morgan fingerprint density at radius 1 is 1.37 bits per heavy atom. The summed E-state index contributed by atoms with van der Waals surface area (Å²) in [5, 5.41) is 2.59. The smallest absolute Gasteiger partial charge is 0.258 e. The lowest BCUT2D eigenvalue weighted by Crippen LogP contribution is -2.45. The molecule has 1 aromatic heterocycles. The zero-order chi connectivity index (χ0) is 19.6. The molecular weight excluding hydrogens is 392 g/mol. The van der Waals surface area contributed by atoms with E-state index in [1.807, 2.05) is 13.0 Å². The molecule has 0 aliphatic carbocycles. The first kappa shape index (κ1) is 19.8. The van der Waals surface area contributed by atoms with Crippen LogP contribution in [-0.4, -0.2) is 65.2 Å². The van der Waals surface area contributed by atoms with E-state index in [1.165, 1.54) is 0 Å². The Bertz CT molecular complexity index is 1010. The van der Waals surface area contributed by atoms with Crippen LogP contribution in [0.1, 0.15) is 12.7 Å². The molecule has 1 fully saturated rings. The van der Waals surface area contributed by atoms with Crippen molar-refractivity contribution in [2.75, 3.05) is 24.6 Å². The number of nitrogens with zero attached hydrogens (tertiary/aromatic N) is 2. The molecule has 1 saturated heterocycles. The number of sulfone groups is 1. The molecule has 1 aromatic carbocycles. The number of carbonyl (C=O) groups is 1. The minimum atomic E-state index is -3.21. The molecule has 0 spiro atoms. The van der Waals surface area contributed by atoms with Crippen LogP contribution < -0.4 is 10.9 Å². The average Bonchev–Trinajstić information content (AvgIpc) is 2.85. The molecule has 10 heteroatoms. The topological polar surface area (TPSA) is 112 Å². The van der Waals surface area contributed by atoms with E-state index in [0.29, 0.717) is 23.3 Å². The lowest BCUT2D eigenvalue weighted by molar-refractivity contribution is -0.122. The highest BCUT2D eigenvalue weighted by Gasteiger charge is 2.37. The molecule has 2 aromatic rings. The number of aromatic nitrogens is 2. The van der Waals surface area contributed by atoms with Crippen molar-refractivity contribution in [3.8, 4) is 0 Å². The Hall–Kier alpha value is -1.97. The van der Waals surface area contributed by atoms with E-state index >= 15 is 0 Å². The predicted octanol–water partition coefficient (Wildman–Crippen LogP) is 0.266. The number of hydrogen-bond donors (Lipinski definition) is 2. The Labute approximate surface area is 161 Å². The number of H-pyrrole nitrogens is 1. The first-order chi connectivity index (χ1) is 12.8. The van der Waals surface area contributed by atoms with Gasteiger partial charge >= 0.3 is 0 Å². The molecule has 0 radical (unpaired) electrons. The number of benzene rings is 1. The monoisotopic (exact) mass is 412 g/mol. The highest BCUT2D eigenvalue weighted by Crippen LogP contribution is 2.18. The fourth-order valence-electron chi connectivity index (χ4n) is 3.09. The number of rotatable bonds is 6. The minimum absolute atomic E-state index is 0.0488. The molecule has 1 amide bonds. The number of para-hydroxylation sites is 1. The Kier molecular flexibility index (Phi) is 5.83. The van der Waals surface area contributed by atoms with E-state index in [2.05, 4.69) is 15.3 Å². The summed E-state index contributed by atoms with van der Waals surface area (Å²) in [6.07, 6.45) is 0. The van der Waals surface area contributed by atoms with Crippen molar-refractivity contribution in [1.82, 2.24) is 20.2 Å². The highest BCUT2D eigenvalue weighted by molar-refractivity contribution is 7.91. The number of hydrogen-bond acceptors (Lipinski definition) is 6. The molecule has 3 rings (SSSR count). The van der Waals surface area contributed by atoms with Crippen LogP contribution in [0.25, 0.3) is 10.9 Å². The molecule has 0 bridgehead atoms. The number of aromatic amines is 1. The molecule has 1 aliphatic rings. The van der Waals surface area contributed by atoms with Crippen molar-refractivity contribution in [3.63, 3.8) is 0 Å². The SMILES string of the molecule is CCN(CC(=O)N[C@@H]1CS(=O)(=O)C[C@@H]1Cl)Cc1nc2ccccc2c(=O)[nH]1. The van der Waals surface area contributed by atoms with Gasteiger partial charge in [-0.1, -0.05) is 19.1 Å². The van der Waals surface area contributed by atoms with E-state index < -0.39 is 21.3 Å². The number of amides is 1. The molecule has 146 valence electrons.